The molecule has 1 aliphatic heterocycles. The topological polar surface area (TPSA) is 133 Å². The van der Waals surface area contributed by atoms with E-state index in [-0.39, 0.29) is 34.6 Å². The molecule has 2 fully saturated rings. The molecule has 0 spiro atoms. The normalized spacial score (nSPS) is 23.8. The van der Waals surface area contributed by atoms with Crippen molar-refractivity contribution in [2.24, 2.45) is 11.8 Å². The van der Waals surface area contributed by atoms with Crippen LogP contribution in [0.1, 0.15) is 36.5 Å². The molecule has 2 unspecified atom stereocenters. The first-order chi connectivity index (χ1) is 15.4. The zero-order chi connectivity index (χ0) is 24.5. The van der Waals surface area contributed by atoms with Crippen LogP contribution in [0, 0.1) is 11.8 Å². The summed E-state index contributed by atoms with van der Waals surface area (Å²) in [5, 5.41) is 9.73. The molecular weight excluding hydrogens is 462 g/mol. The highest BCUT2D eigenvalue weighted by Gasteiger charge is 2.61. The van der Waals surface area contributed by atoms with E-state index in [0.717, 1.165) is 0 Å². The Morgan fingerprint density at radius 3 is 2.48 bits per heavy atom. The van der Waals surface area contributed by atoms with Crippen molar-refractivity contribution in [3.05, 3.63) is 28.8 Å². The lowest BCUT2D eigenvalue weighted by Gasteiger charge is -2.20. The molecule has 33 heavy (non-hydrogen) atoms. The third-order valence-corrected chi connectivity index (χ3v) is 5.85. The smallest absolute Gasteiger partial charge is 0.289 e. The Kier molecular flexibility index (Phi) is 7.01. The number of hydrogen-bond acceptors (Lipinski definition) is 5. The zero-order valence-electron chi connectivity index (χ0n) is 17.8. The molecule has 1 saturated heterocycles. The van der Waals surface area contributed by atoms with Crippen molar-refractivity contribution in [3.63, 3.8) is 0 Å². The van der Waals surface area contributed by atoms with Crippen LogP contribution in [0.4, 0.5) is 14.5 Å². The quantitative estimate of drug-likeness (QED) is 0.412. The summed E-state index contributed by atoms with van der Waals surface area (Å²) in [5.41, 5.74) is -0.262. The summed E-state index contributed by atoms with van der Waals surface area (Å²) < 4.78 is 26.5. The molecular formula is C21H23ClF2N4O5. The lowest BCUT2D eigenvalue weighted by Crippen LogP contribution is -2.48. The number of Topliss-reactive ketones (excluding diaryl/α,β-unsaturated/α-hetero) is 1. The molecule has 12 heteroatoms. The van der Waals surface area contributed by atoms with Crippen LogP contribution in [0.3, 0.4) is 0 Å². The van der Waals surface area contributed by atoms with E-state index in [4.69, 9.17) is 11.6 Å². The van der Waals surface area contributed by atoms with Crippen molar-refractivity contribution in [1.29, 1.82) is 0 Å². The number of ketones is 1. The molecule has 0 bridgehead atoms. The van der Waals surface area contributed by atoms with Crippen LogP contribution in [0.15, 0.2) is 18.2 Å². The van der Waals surface area contributed by atoms with Gasteiger partial charge in [-0.1, -0.05) is 11.6 Å². The summed E-state index contributed by atoms with van der Waals surface area (Å²) in [5.74, 6) is -9.22. The molecule has 9 nitrogen and oxygen atoms in total. The number of amides is 4. The molecule has 4 amide bonds. The van der Waals surface area contributed by atoms with E-state index >= 15 is 0 Å². The van der Waals surface area contributed by atoms with Crippen molar-refractivity contribution in [1.82, 2.24) is 16.0 Å². The Labute approximate surface area is 193 Å². The van der Waals surface area contributed by atoms with Crippen molar-refractivity contribution < 1.29 is 32.8 Å². The van der Waals surface area contributed by atoms with Crippen molar-refractivity contribution in [2.45, 2.75) is 44.2 Å². The number of alkyl halides is 2. The number of carbonyl (C=O) groups excluding carboxylic acids is 5. The molecule has 1 saturated carbocycles. The molecule has 1 aliphatic carbocycles. The highest BCUT2D eigenvalue weighted by Crippen LogP contribution is 2.49. The molecule has 3 rings (SSSR count). The van der Waals surface area contributed by atoms with Crippen molar-refractivity contribution >= 4 is 46.7 Å². The maximum Gasteiger partial charge on any atom is 0.289 e. The monoisotopic (exact) mass is 484 g/mol. The van der Waals surface area contributed by atoms with Gasteiger partial charge in [-0.3, -0.25) is 24.0 Å². The van der Waals surface area contributed by atoms with Gasteiger partial charge in [0.2, 0.25) is 17.6 Å². The number of carbonyl (C=O) groups is 5. The molecule has 1 aromatic rings. The number of halogens is 3. The molecule has 4 atom stereocenters. The number of rotatable bonds is 8. The van der Waals surface area contributed by atoms with E-state index in [1.807, 2.05) is 0 Å². The van der Waals surface area contributed by atoms with Crippen molar-refractivity contribution in [3.8, 4) is 0 Å². The minimum Gasteiger partial charge on any atom is -0.353 e. The van der Waals surface area contributed by atoms with Crippen LogP contribution in [0.2, 0.25) is 5.02 Å². The van der Waals surface area contributed by atoms with Gasteiger partial charge in [0.05, 0.1) is 17.3 Å². The molecule has 1 aromatic carbocycles. The summed E-state index contributed by atoms with van der Waals surface area (Å²) >= 11 is 5.97. The molecule has 0 radical (unpaired) electrons. The molecule has 2 aliphatic rings. The predicted octanol–water partition coefficient (Wildman–Crippen LogP) is 1.26. The molecule has 1 heterocycles. The second-order valence-corrected chi connectivity index (χ2v) is 8.68. The first-order valence-electron chi connectivity index (χ1n) is 10.3. The number of hydrogen-bond donors (Lipinski definition) is 4. The van der Waals surface area contributed by atoms with Gasteiger partial charge in [0.1, 0.15) is 5.92 Å². The van der Waals surface area contributed by atoms with Gasteiger partial charge >= 0.3 is 0 Å². The summed E-state index contributed by atoms with van der Waals surface area (Å²) in [4.78, 5) is 61.7. The third-order valence-electron chi connectivity index (χ3n) is 5.62. The third kappa shape index (κ3) is 5.65. The number of anilines is 1. The molecule has 4 N–H and O–H groups in total. The highest BCUT2D eigenvalue weighted by molar-refractivity contribution is 6.38. The minimum absolute atomic E-state index is 0.0806. The van der Waals surface area contributed by atoms with E-state index in [9.17, 15) is 32.8 Å². The van der Waals surface area contributed by atoms with E-state index in [1.54, 1.807) is 6.92 Å². The maximum atomic E-state index is 13.2. The van der Waals surface area contributed by atoms with Gasteiger partial charge in [-0.15, -0.1) is 0 Å². The van der Waals surface area contributed by atoms with Crippen LogP contribution < -0.4 is 21.3 Å². The van der Waals surface area contributed by atoms with E-state index < -0.39 is 53.7 Å². The minimum atomic E-state index is -3.09. The second kappa shape index (κ2) is 9.42. The fraction of sp³-hybridized carbons (Fsp3) is 0.476. The van der Waals surface area contributed by atoms with Crippen LogP contribution in [0.5, 0.6) is 0 Å². The molecule has 0 aromatic heterocycles. The van der Waals surface area contributed by atoms with Crippen molar-refractivity contribution in [2.75, 3.05) is 12.4 Å². The molecule has 178 valence electrons. The number of benzene rings is 1. The summed E-state index contributed by atoms with van der Waals surface area (Å²) in [6.07, 6.45) is -0.288. The predicted molar refractivity (Wildman–Crippen MR) is 114 cm³/mol. The Morgan fingerprint density at radius 2 is 1.94 bits per heavy atom. The van der Waals surface area contributed by atoms with Gasteiger partial charge in [0.15, 0.2) is 0 Å². The van der Waals surface area contributed by atoms with E-state index in [2.05, 4.69) is 21.3 Å². The van der Waals surface area contributed by atoms with Gasteiger partial charge in [-0.2, -0.15) is 0 Å². The standard InChI is InChI=1S/C21H23ClF2N4O5/c1-9-5-10(17(30)26-9)6-15(16(29)20(33)25-2)28-18(31)12-7-11(22)3-4-14(12)27-19(32)13-8-21(13,23)24/h3-4,7,9-10,13,15H,5-6,8H2,1-2H3,(H,25,33)(H,26,30)(H,27,32)(H,28,31)/t9-,10+,13?,15?/m1/s1. The van der Waals surface area contributed by atoms with Crippen LogP contribution in [-0.4, -0.2) is 54.5 Å². The fourth-order valence-electron chi connectivity index (χ4n) is 3.72. The number of likely N-dealkylation sites (N-methyl/N-ethyl adjacent to an activating group) is 1. The summed E-state index contributed by atoms with van der Waals surface area (Å²) in [7, 11) is 1.25. The summed E-state index contributed by atoms with van der Waals surface area (Å²) in [6, 6.07) is 2.37. The highest BCUT2D eigenvalue weighted by atomic mass is 35.5. The average molecular weight is 485 g/mol. The Bertz CT molecular complexity index is 1020. The van der Waals surface area contributed by atoms with E-state index in [0.29, 0.717) is 6.42 Å². The lowest BCUT2D eigenvalue weighted by molar-refractivity contribution is -0.139. The Balaban J connectivity index is 1.81. The average Bonchev–Trinajstić information content (AvgIpc) is 3.28. The fourth-order valence-corrected chi connectivity index (χ4v) is 3.89. The van der Waals surface area contributed by atoms with Gasteiger partial charge in [0, 0.05) is 30.5 Å². The Hall–Kier alpha value is -3.08. The SMILES string of the molecule is CNC(=O)C(=O)C(C[C@@H]1C[C@@H](C)NC1=O)NC(=O)c1cc(Cl)ccc1NC(=O)C1CC1(F)F. The van der Waals surface area contributed by atoms with Crippen LogP contribution in [-0.2, 0) is 19.2 Å². The van der Waals surface area contributed by atoms with Crippen LogP contribution in [0.25, 0.3) is 0 Å². The second-order valence-electron chi connectivity index (χ2n) is 8.24. The van der Waals surface area contributed by atoms with E-state index in [1.165, 1.54) is 25.2 Å². The number of nitrogens with one attached hydrogen (secondary N) is 4. The first kappa shape index (κ1) is 24.6. The van der Waals surface area contributed by atoms with Gasteiger partial charge in [-0.25, -0.2) is 8.78 Å². The van der Waals surface area contributed by atoms with Gasteiger partial charge in [-0.05, 0) is 38.0 Å². The first-order valence-corrected chi connectivity index (χ1v) is 10.7. The summed E-state index contributed by atoms with van der Waals surface area (Å²) in [6.45, 7) is 1.79. The van der Waals surface area contributed by atoms with Crippen LogP contribution >= 0.6 is 11.6 Å². The maximum absolute atomic E-state index is 13.2. The zero-order valence-corrected chi connectivity index (χ0v) is 18.6. The van der Waals surface area contributed by atoms with Gasteiger partial charge in [0.25, 0.3) is 17.7 Å². The Morgan fingerprint density at radius 1 is 1.27 bits per heavy atom. The largest absolute Gasteiger partial charge is 0.353 e. The van der Waals surface area contributed by atoms with Gasteiger partial charge < -0.3 is 21.3 Å². The lowest BCUT2D eigenvalue weighted by atomic mass is 9.93.